The van der Waals surface area contributed by atoms with Crippen LogP contribution in [0.25, 0.3) is 10.9 Å². The van der Waals surface area contributed by atoms with Crippen molar-refractivity contribution in [1.29, 1.82) is 5.26 Å². The van der Waals surface area contributed by atoms with Gasteiger partial charge in [0, 0.05) is 6.54 Å². The minimum absolute atomic E-state index is 0.00958. The molecular weight excluding hydrogens is 318 g/mol. The summed E-state index contributed by atoms with van der Waals surface area (Å²) in [5.41, 5.74) is 2.12. The molecule has 1 aliphatic rings. The Hall–Kier alpha value is -2.06. The topological polar surface area (TPSA) is 58.7 Å². The van der Waals surface area contributed by atoms with Gasteiger partial charge in [0.1, 0.15) is 0 Å². The molecule has 0 saturated heterocycles. The normalized spacial score (nSPS) is 15.8. The summed E-state index contributed by atoms with van der Waals surface area (Å²) in [4.78, 5) is 17.5. The summed E-state index contributed by atoms with van der Waals surface area (Å²) in [7, 11) is 0. The smallest absolute Gasteiger partial charge is 0.262 e. The van der Waals surface area contributed by atoms with Crippen LogP contribution in [0.3, 0.4) is 0 Å². The fraction of sp³-hybridized carbons (Fsp3) is 0.421. The highest BCUT2D eigenvalue weighted by Crippen LogP contribution is 2.24. The van der Waals surface area contributed by atoms with Crippen molar-refractivity contribution >= 4 is 22.7 Å². The highest BCUT2D eigenvalue weighted by molar-refractivity contribution is 8.00. The average Bonchev–Trinajstić information content (AvgIpc) is 2.62. The number of hydrogen-bond donors (Lipinski definition) is 0. The molecule has 1 aliphatic carbocycles. The van der Waals surface area contributed by atoms with Crippen molar-refractivity contribution in [3.63, 3.8) is 0 Å². The van der Waals surface area contributed by atoms with Gasteiger partial charge in [0.2, 0.25) is 0 Å². The molecule has 0 bridgehead atoms. The predicted molar refractivity (Wildman–Crippen MR) is 98.1 cm³/mol. The van der Waals surface area contributed by atoms with Crippen molar-refractivity contribution in [3.05, 3.63) is 46.3 Å². The predicted octanol–water partition coefficient (Wildman–Crippen LogP) is 4.29. The lowest BCUT2D eigenvalue weighted by molar-refractivity contribution is 0.569. The first-order valence-corrected chi connectivity index (χ1v) is 9.31. The van der Waals surface area contributed by atoms with Gasteiger partial charge in [-0.15, -0.1) is 0 Å². The van der Waals surface area contributed by atoms with Crippen LogP contribution in [0.4, 0.5) is 0 Å². The monoisotopic (exact) mass is 339 g/mol. The Labute approximate surface area is 146 Å². The second kappa shape index (κ2) is 7.67. The van der Waals surface area contributed by atoms with Crippen molar-refractivity contribution in [3.8, 4) is 6.07 Å². The van der Waals surface area contributed by atoms with Gasteiger partial charge in [-0.25, -0.2) is 4.98 Å². The van der Waals surface area contributed by atoms with Crippen molar-refractivity contribution in [2.24, 2.45) is 0 Å². The number of fused-ring (bicyclic) bond motifs is 1. The van der Waals surface area contributed by atoms with Crippen LogP contribution >= 0.6 is 11.8 Å². The molecule has 1 heterocycles. The Balaban J connectivity index is 1.97. The Morgan fingerprint density at radius 1 is 1.38 bits per heavy atom. The van der Waals surface area contributed by atoms with Crippen LogP contribution in [-0.2, 0) is 6.54 Å². The van der Waals surface area contributed by atoms with Gasteiger partial charge in [0.05, 0.1) is 22.2 Å². The number of nitriles is 1. The number of aromatic nitrogens is 2. The van der Waals surface area contributed by atoms with Gasteiger partial charge in [0.15, 0.2) is 5.16 Å². The summed E-state index contributed by atoms with van der Waals surface area (Å²) < 4.78 is 1.75. The zero-order valence-corrected chi connectivity index (χ0v) is 14.7. The molecule has 0 aliphatic heterocycles. The molecule has 1 aromatic carbocycles. The summed E-state index contributed by atoms with van der Waals surface area (Å²) in [5.74, 6) is 0. The molecule has 0 radical (unpaired) electrons. The standard InChI is InChI=1S/C19H21N3OS/c1-14(13-20)24-19-21-17-10-6-5-9-16(17)18(23)22(19)12-11-15-7-3-2-4-8-15/h5-7,9-10,14H,2-4,8,11-12H2,1H3/t14-/m1/s1. The second-order valence-electron chi connectivity index (χ2n) is 6.12. The van der Waals surface area contributed by atoms with E-state index in [2.05, 4.69) is 17.1 Å². The van der Waals surface area contributed by atoms with Crippen LogP contribution in [0.2, 0.25) is 0 Å². The molecule has 4 nitrogen and oxygen atoms in total. The van der Waals surface area contributed by atoms with Crippen molar-refractivity contribution in [1.82, 2.24) is 9.55 Å². The summed E-state index contributed by atoms with van der Waals surface area (Å²) in [6.45, 7) is 2.46. The quantitative estimate of drug-likeness (QED) is 0.463. The molecule has 3 rings (SSSR count). The molecule has 0 fully saturated rings. The lowest BCUT2D eigenvalue weighted by atomic mass is 9.97. The zero-order chi connectivity index (χ0) is 16.9. The molecule has 1 atom stereocenters. The Bertz CT molecular complexity index is 863. The van der Waals surface area contributed by atoms with E-state index in [-0.39, 0.29) is 10.8 Å². The van der Waals surface area contributed by atoms with Gasteiger partial charge in [0.25, 0.3) is 5.56 Å². The number of benzene rings is 1. The molecule has 5 heteroatoms. The van der Waals surface area contributed by atoms with Gasteiger partial charge >= 0.3 is 0 Å². The average molecular weight is 339 g/mol. The van der Waals surface area contributed by atoms with E-state index in [9.17, 15) is 4.79 Å². The van der Waals surface area contributed by atoms with E-state index in [4.69, 9.17) is 5.26 Å². The molecule has 24 heavy (non-hydrogen) atoms. The maximum Gasteiger partial charge on any atom is 0.262 e. The van der Waals surface area contributed by atoms with E-state index < -0.39 is 0 Å². The van der Waals surface area contributed by atoms with Gasteiger partial charge in [-0.05, 0) is 51.2 Å². The van der Waals surface area contributed by atoms with Crippen LogP contribution in [0.5, 0.6) is 0 Å². The molecular formula is C19H21N3OS. The fourth-order valence-corrected chi connectivity index (χ4v) is 3.83. The number of hydrogen-bond acceptors (Lipinski definition) is 4. The maximum atomic E-state index is 12.9. The van der Waals surface area contributed by atoms with Crippen LogP contribution in [0, 0.1) is 11.3 Å². The number of allylic oxidation sites excluding steroid dienone is 2. The summed E-state index contributed by atoms with van der Waals surface area (Å²) in [6, 6.07) is 9.63. The molecule has 2 aromatic rings. The van der Waals surface area contributed by atoms with Crippen LogP contribution in [-0.4, -0.2) is 14.8 Å². The third-order valence-electron chi connectivity index (χ3n) is 4.33. The first-order valence-electron chi connectivity index (χ1n) is 8.43. The third-order valence-corrected chi connectivity index (χ3v) is 5.31. The molecule has 1 aromatic heterocycles. The van der Waals surface area contributed by atoms with Crippen LogP contribution in [0.15, 0.2) is 45.9 Å². The number of rotatable bonds is 5. The van der Waals surface area contributed by atoms with E-state index in [1.807, 2.05) is 31.2 Å². The highest BCUT2D eigenvalue weighted by atomic mass is 32.2. The molecule has 0 spiro atoms. The zero-order valence-electron chi connectivity index (χ0n) is 13.9. The first kappa shape index (κ1) is 16.8. The molecule has 0 N–H and O–H groups in total. The van der Waals surface area contributed by atoms with Crippen molar-refractivity contribution in [2.75, 3.05) is 0 Å². The van der Waals surface area contributed by atoms with Gasteiger partial charge in [-0.3, -0.25) is 9.36 Å². The van der Waals surface area contributed by atoms with Crippen LogP contribution < -0.4 is 5.56 Å². The summed E-state index contributed by atoms with van der Waals surface area (Å²) in [5, 5.41) is 10.2. The molecule has 0 unspecified atom stereocenters. The minimum Gasteiger partial charge on any atom is -0.287 e. The van der Waals surface area contributed by atoms with Gasteiger partial charge in [-0.2, -0.15) is 5.26 Å². The van der Waals surface area contributed by atoms with E-state index >= 15 is 0 Å². The maximum absolute atomic E-state index is 12.9. The summed E-state index contributed by atoms with van der Waals surface area (Å²) >= 11 is 1.36. The van der Waals surface area contributed by atoms with E-state index in [1.54, 1.807) is 4.57 Å². The lowest BCUT2D eigenvalue weighted by Crippen LogP contribution is -2.24. The Kier molecular flexibility index (Phi) is 5.37. The van der Waals surface area contributed by atoms with Gasteiger partial charge < -0.3 is 0 Å². The van der Waals surface area contributed by atoms with E-state index in [0.717, 1.165) is 19.3 Å². The third kappa shape index (κ3) is 3.70. The summed E-state index contributed by atoms with van der Waals surface area (Å²) in [6.07, 6.45) is 7.98. The van der Waals surface area contributed by atoms with E-state index in [1.165, 1.54) is 30.2 Å². The second-order valence-corrected chi connectivity index (χ2v) is 7.42. The molecule has 0 saturated carbocycles. The lowest BCUT2D eigenvalue weighted by Gasteiger charge is -2.16. The van der Waals surface area contributed by atoms with Gasteiger partial charge in [-0.1, -0.05) is 35.5 Å². The number of thioether (sulfide) groups is 1. The number of para-hydroxylation sites is 1. The molecule has 124 valence electrons. The Morgan fingerprint density at radius 2 is 2.21 bits per heavy atom. The SMILES string of the molecule is C[C@H](C#N)Sc1nc2ccccc2c(=O)n1CCC1=CCCCC1. The number of nitrogens with zero attached hydrogens (tertiary/aromatic N) is 3. The van der Waals surface area contributed by atoms with Crippen molar-refractivity contribution < 1.29 is 0 Å². The van der Waals surface area contributed by atoms with Crippen LogP contribution in [0.1, 0.15) is 39.0 Å². The first-order chi connectivity index (χ1) is 11.7. The molecule has 0 amide bonds. The fourth-order valence-electron chi connectivity index (χ4n) is 3.01. The highest BCUT2D eigenvalue weighted by Gasteiger charge is 2.15. The van der Waals surface area contributed by atoms with E-state index in [0.29, 0.717) is 22.6 Å². The Morgan fingerprint density at radius 3 is 2.96 bits per heavy atom. The minimum atomic E-state index is -0.238. The van der Waals surface area contributed by atoms with Crippen molar-refractivity contribution in [2.45, 2.75) is 56.0 Å². The largest absolute Gasteiger partial charge is 0.287 e.